The third-order valence-corrected chi connectivity index (χ3v) is 8.44. The molecule has 0 heterocycles. The summed E-state index contributed by atoms with van der Waals surface area (Å²) in [6.07, 6.45) is 4.51. The molecule has 1 fully saturated rings. The molecule has 0 bridgehead atoms. The molecule has 0 unspecified atom stereocenters. The van der Waals surface area contributed by atoms with E-state index >= 15 is 0 Å². The van der Waals surface area contributed by atoms with Gasteiger partial charge in [0, 0.05) is 24.8 Å². The number of thioether (sulfide) groups is 1. The van der Waals surface area contributed by atoms with Gasteiger partial charge in [-0.25, -0.2) is 4.39 Å². The minimum Gasteiger partial charge on any atom is -0.352 e. The van der Waals surface area contributed by atoms with E-state index in [9.17, 15) is 14.0 Å². The van der Waals surface area contributed by atoms with Gasteiger partial charge in [0.1, 0.15) is 11.9 Å². The molecule has 1 aliphatic rings. The van der Waals surface area contributed by atoms with Gasteiger partial charge in [0.15, 0.2) is 0 Å². The van der Waals surface area contributed by atoms with Gasteiger partial charge in [-0.2, -0.15) is 0 Å². The van der Waals surface area contributed by atoms with Crippen LogP contribution in [0.4, 0.5) is 4.39 Å². The molecule has 2 amide bonds. The number of halogens is 3. The highest BCUT2D eigenvalue weighted by atomic mass is 35.5. The van der Waals surface area contributed by atoms with Crippen molar-refractivity contribution in [2.75, 3.05) is 5.75 Å². The number of benzene rings is 3. The summed E-state index contributed by atoms with van der Waals surface area (Å²) in [6.45, 7) is 0.225. The molecule has 1 saturated carbocycles. The fourth-order valence-corrected chi connectivity index (χ4v) is 5.87. The Morgan fingerprint density at radius 2 is 1.61 bits per heavy atom. The van der Waals surface area contributed by atoms with Gasteiger partial charge in [-0.1, -0.05) is 84.6 Å². The molecule has 38 heavy (non-hydrogen) atoms. The van der Waals surface area contributed by atoms with E-state index in [0.29, 0.717) is 22.2 Å². The lowest BCUT2D eigenvalue weighted by atomic mass is 10.0. The van der Waals surface area contributed by atoms with Crippen molar-refractivity contribution in [1.82, 2.24) is 10.2 Å². The first-order chi connectivity index (χ1) is 18.4. The van der Waals surface area contributed by atoms with Gasteiger partial charge in [0.2, 0.25) is 11.8 Å². The molecular formula is C30H31Cl2FN2O2S. The lowest BCUT2D eigenvalue weighted by Crippen LogP contribution is -2.52. The molecule has 3 aromatic rings. The van der Waals surface area contributed by atoms with Crippen molar-refractivity contribution < 1.29 is 14.0 Å². The van der Waals surface area contributed by atoms with Crippen LogP contribution in [0.25, 0.3) is 0 Å². The predicted octanol–water partition coefficient (Wildman–Crippen LogP) is 7.06. The van der Waals surface area contributed by atoms with Gasteiger partial charge in [-0.05, 0) is 53.8 Å². The van der Waals surface area contributed by atoms with E-state index in [1.165, 1.54) is 23.9 Å². The zero-order valence-electron chi connectivity index (χ0n) is 21.0. The maximum atomic E-state index is 13.7. The summed E-state index contributed by atoms with van der Waals surface area (Å²) in [5.74, 6) is 0.161. The normalized spacial score (nSPS) is 14.3. The summed E-state index contributed by atoms with van der Waals surface area (Å²) in [6, 6.07) is 20.7. The predicted molar refractivity (Wildman–Crippen MR) is 154 cm³/mol. The summed E-state index contributed by atoms with van der Waals surface area (Å²) in [5, 5.41) is 4.04. The number of nitrogens with one attached hydrogen (secondary N) is 1. The van der Waals surface area contributed by atoms with Crippen LogP contribution in [-0.4, -0.2) is 34.6 Å². The summed E-state index contributed by atoms with van der Waals surface area (Å²) in [5.41, 5.74) is 2.70. The van der Waals surface area contributed by atoms with Gasteiger partial charge < -0.3 is 10.2 Å². The van der Waals surface area contributed by atoms with Gasteiger partial charge in [-0.3, -0.25) is 9.59 Å². The van der Waals surface area contributed by atoms with Gasteiger partial charge in [0.05, 0.1) is 15.8 Å². The van der Waals surface area contributed by atoms with Crippen LogP contribution >= 0.6 is 35.0 Å². The van der Waals surface area contributed by atoms with Crippen LogP contribution in [0.15, 0.2) is 72.8 Å². The van der Waals surface area contributed by atoms with E-state index in [0.717, 1.165) is 42.4 Å². The van der Waals surface area contributed by atoms with E-state index in [-0.39, 0.29) is 36.0 Å². The van der Waals surface area contributed by atoms with Crippen LogP contribution in [0, 0.1) is 5.82 Å². The molecule has 4 rings (SSSR count). The van der Waals surface area contributed by atoms with Crippen molar-refractivity contribution >= 4 is 46.8 Å². The molecule has 0 aromatic heterocycles. The van der Waals surface area contributed by atoms with Crippen molar-refractivity contribution in [1.29, 1.82) is 0 Å². The summed E-state index contributed by atoms with van der Waals surface area (Å²) < 4.78 is 13.3. The number of carbonyl (C=O) groups is 2. The third kappa shape index (κ3) is 8.23. The molecule has 0 aliphatic heterocycles. The second-order valence-electron chi connectivity index (χ2n) is 9.58. The second kappa shape index (κ2) is 14.0. The van der Waals surface area contributed by atoms with Crippen LogP contribution in [-0.2, 0) is 28.3 Å². The van der Waals surface area contributed by atoms with E-state index in [2.05, 4.69) is 5.32 Å². The molecule has 3 aromatic carbocycles. The van der Waals surface area contributed by atoms with Crippen molar-refractivity contribution in [3.63, 3.8) is 0 Å². The number of nitrogens with zero attached hydrogens (tertiary/aromatic N) is 1. The van der Waals surface area contributed by atoms with Crippen molar-refractivity contribution in [2.45, 2.75) is 56.5 Å². The van der Waals surface area contributed by atoms with Crippen LogP contribution < -0.4 is 5.32 Å². The molecule has 0 saturated heterocycles. The lowest BCUT2D eigenvalue weighted by molar-refractivity contribution is -0.139. The van der Waals surface area contributed by atoms with Crippen molar-refractivity contribution in [3.05, 3.63) is 105 Å². The smallest absolute Gasteiger partial charge is 0.243 e. The lowest BCUT2D eigenvalue weighted by Gasteiger charge is -2.32. The minimum atomic E-state index is -0.689. The Bertz CT molecular complexity index is 1220. The second-order valence-corrected chi connectivity index (χ2v) is 11.4. The van der Waals surface area contributed by atoms with Crippen LogP contribution in [0.2, 0.25) is 10.0 Å². The Labute approximate surface area is 237 Å². The van der Waals surface area contributed by atoms with E-state index in [1.54, 1.807) is 29.2 Å². The third-order valence-electron chi connectivity index (χ3n) is 6.72. The summed E-state index contributed by atoms with van der Waals surface area (Å²) in [4.78, 5) is 29.1. The van der Waals surface area contributed by atoms with Gasteiger partial charge in [0.25, 0.3) is 0 Å². The molecule has 1 atom stereocenters. The van der Waals surface area contributed by atoms with Crippen LogP contribution in [0.5, 0.6) is 0 Å². The Morgan fingerprint density at radius 1 is 0.921 bits per heavy atom. The zero-order valence-corrected chi connectivity index (χ0v) is 23.4. The fourth-order valence-electron chi connectivity index (χ4n) is 4.68. The van der Waals surface area contributed by atoms with E-state index in [4.69, 9.17) is 23.2 Å². The van der Waals surface area contributed by atoms with E-state index in [1.807, 2.05) is 36.4 Å². The fraction of sp³-hybridized carbons (Fsp3) is 0.333. The molecular weight excluding hydrogens is 542 g/mol. The SMILES string of the molecule is O=C(NC1CCCC1)[C@H](Cc1ccccc1)N(Cc1ccc(Cl)c(Cl)c1)C(=O)CSCc1ccc(F)cc1. The molecule has 1 N–H and O–H groups in total. The number of carbonyl (C=O) groups excluding carboxylic acids is 2. The highest BCUT2D eigenvalue weighted by Gasteiger charge is 2.32. The Hall–Kier alpha value is -2.54. The Kier molecular flexibility index (Phi) is 10.5. The molecule has 200 valence electrons. The number of hydrogen-bond acceptors (Lipinski definition) is 3. The van der Waals surface area contributed by atoms with Crippen LogP contribution in [0.1, 0.15) is 42.4 Å². The largest absolute Gasteiger partial charge is 0.352 e. The maximum Gasteiger partial charge on any atom is 0.243 e. The van der Waals surface area contributed by atoms with Crippen molar-refractivity contribution in [3.8, 4) is 0 Å². The molecule has 0 radical (unpaired) electrons. The molecule has 1 aliphatic carbocycles. The number of amides is 2. The highest BCUT2D eigenvalue weighted by Crippen LogP contribution is 2.25. The first-order valence-electron chi connectivity index (χ1n) is 12.8. The number of hydrogen-bond donors (Lipinski definition) is 1. The standard InChI is InChI=1S/C30H31Cl2FN2O2S/c31-26-15-12-23(16-27(26)32)18-35(29(36)20-38-19-22-10-13-24(33)14-11-22)28(17-21-6-2-1-3-7-21)30(37)34-25-8-4-5-9-25/h1-3,6-7,10-16,25,28H,4-5,8-9,17-20H2,(H,34,37)/t28-/m0/s1. The van der Waals surface area contributed by atoms with Gasteiger partial charge in [-0.15, -0.1) is 11.8 Å². The Morgan fingerprint density at radius 3 is 2.29 bits per heavy atom. The van der Waals surface area contributed by atoms with Crippen molar-refractivity contribution in [2.24, 2.45) is 0 Å². The minimum absolute atomic E-state index is 0.135. The molecule has 8 heteroatoms. The monoisotopic (exact) mass is 572 g/mol. The average molecular weight is 574 g/mol. The number of rotatable bonds is 11. The average Bonchev–Trinajstić information content (AvgIpc) is 3.43. The van der Waals surface area contributed by atoms with E-state index < -0.39 is 6.04 Å². The molecule has 4 nitrogen and oxygen atoms in total. The van der Waals surface area contributed by atoms with Gasteiger partial charge >= 0.3 is 0 Å². The zero-order chi connectivity index (χ0) is 26.9. The Balaban J connectivity index is 1.57. The first kappa shape index (κ1) is 28.5. The molecule has 0 spiro atoms. The van der Waals surface area contributed by atoms with Crippen LogP contribution in [0.3, 0.4) is 0 Å². The first-order valence-corrected chi connectivity index (χ1v) is 14.7. The topological polar surface area (TPSA) is 49.4 Å². The maximum absolute atomic E-state index is 13.7. The highest BCUT2D eigenvalue weighted by molar-refractivity contribution is 7.99. The summed E-state index contributed by atoms with van der Waals surface area (Å²) >= 11 is 13.8. The summed E-state index contributed by atoms with van der Waals surface area (Å²) in [7, 11) is 0. The quantitative estimate of drug-likeness (QED) is 0.267.